The number of carbonyl (C=O) groups is 3. The lowest BCUT2D eigenvalue weighted by molar-refractivity contribution is 0.0545. The Bertz CT molecular complexity index is 413. The topological polar surface area (TPSA) is 95.7 Å². The van der Waals surface area contributed by atoms with Crippen molar-refractivity contribution in [2.24, 2.45) is 0 Å². The van der Waals surface area contributed by atoms with Crippen LogP contribution >= 0.6 is 0 Å². The molecule has 7 heteroatoms. The van der Waals surface area contributed by atoms with Gasteiger partial charge in [0.25, 0.3) is 5.76 Å². The number of rotatable bonds is 3. The van der Waals surface area contributed by atoms with Crippen molar-refractivity contribution in [2.75, 3.05) is 14.2 Å². The van der Waals surface area contributed by atoms with E-state index in [9.17, 15) is 14.4 Å². The molecule has 86 valence electrons. The molecule has 7 nitrogen and oxygen atoms in total. The van der Waals surface area contributed by atoms with Crippen molar-refractivity contribution in [3.63, 3.8) is 0 Å². The number of ether oxygens (including phenoxy) is 2. The van der Waals surface area contributed by atoms with E-state index in [-0.39, 0.29) is 11.3 Å². The van der Waals surface area contributed by atoms with Crippen LogP contribution in [0.1, 0.15) is 38.3 Å². The zero-order chi connectivity index (χ0) is 12.3. The highest BCUT2D eigenvalue weighted by atomic mass is 16.6. The Morgan fingerprint density at radius 2 is 1.69 bits per heavy atom. The SMILES string of the molecule is COC(=O)c1noc(C(=O)OC)c1C(C)=O. The van der Waals surface area contributed by atoms with E-state index in [4.69, 9.17) is 0 Å². The molecule has 0 unspecified atom stereocenters. The summed E-state index contributed by atoms with van der Waals surface area (Å²) in [5, 5.41) is 3.31. The van der Waals surface area contributed by atoms with E-state index in [0.29, 0.717) is 0 Å². The molecule has 0 bridgehead atoms. The number of methoxy groups -OCH3 is 2. The van der Waals surface area contributed by atoms with Crippen LogP contribution < -0.4 is 0 Å². The van der Waals surface area contributed by atoms with Gasteiger partial charge < -0.3 is 14.0 Å². The van der Waals surface area contributed by atoms with Crippen molar-refractivity contribution in [3.8, 4) is 0 Å². The molecule has 0 spiro atoms. The molecule has 0 atom stereocenters. The molecule has 0 amide bonds. The van der Waals surface area contributed by atoms with Crippen LogP contribution in [0.25, 0.3) is 0 Å². The fourth-order valence-electron chi connectivity index (χ4n) is 1.08. The number of ketones is 1. The Labute approximate surface area is 90.3 Å². The van der Waals surface area contributed by atoms with Gasteiger partial charge in [-0.3, -0.25) is 4.79 Å². The predicted octanol–water partition coefficient (Wildman–Crippen LogP) is 0.450. The molecule has 0 saturated carbocycles. The summed E-state index contributed by atoms with van der Waals surface area (Å²) in [7, 11) is 2.24. The fourth-order valence-corrected chi connectivity index (χ4v) is 1.08. The molecule has 1 aromatic rings. The van der Waals surface area contributed by atoms with Crippen molar-refractivity contribution < 1.29 is 28.4 Å². The number of hydrogen-bond donors (Lipinski definition) is 0. The van der Waals surface area contributed by atoms with E-state index < -0.39 is 23.5 Å². The zero-order valence-corrected chi connectivity index (χ0v) is 8.90. The first-order chi connectivity index (χ1) is 7.52. The van der Waals surface area contributed by atoms with E-state index in [1.54, 1.807) is 0 Å². The first kappa shape index (κ1) is 11.9. The number of hydrogen-bond acceptors (Lipinski definition) is 7. The Kier molecular flexibility index (Phi) is 3.39. The van der Waals surface area contributed by atoms with Gasteiger partial charge in [0.15, 0.2) is 5.78 Å². The monoisotopic (exact) mass is 227 g/mol. The van der Waals surface area contributed by atoms with Gasteiger partial charge in [-0.1, -0.05) is 5.16 Å². The molecule has 1 heterocycles. The van der Waals surface area contributed by atoms with Gasteiger partial charge in [-0.15, -0.1) is 0 Å². The molecule has 1 aromatic heterocycles. The van der Waals surface area contributed by atoms with E-state index in [1.165, 1.54) is 6.92 Å². The number of nitrogens with zero attached hydrogens (tertiary/aromatic N) is 1. The molecule has 16 heavy (non-hydrogen) atoms. The summed E-state index contributed by atoms with van der Waals surface area (Å²) < 4.78 is 13.4. The minimum Gasteiger partial charge on any atom is -0.464 e. The second kappa shape index (κ2) is 4.56. The lowest BCUT2D eigenvalue weighted by atomic mass is 10.1. The molecular formula is C9H9NO6. The Morgan fingerprint density at radius 3 is 2.12 bits per heavy atom. The van der Waals surface area contributed by atoms with Crippen LogP contribution in [-0.4, -0.2) is 37.1 Å². The van der Waals surface area contributed by atoms with Gasteiger partial charge in [0.1, 0.15) is 5.56 Å². The maximum atomic E-state index is 11.3. The third-order valence-corrected chi connectivity index (χ3v) is 1.79. The Balaban J connectivity index is 3.33. The van der Waals surface area contributed by atoms with Crippen LogP contribution in [0.15, 0.2) is 4.52 Å². The van der Waals surface area contributed by atoms with Crippen LogP contribution in [0, 0.1) is 0 Å². The summed E-state index contributed by atoms with van der Waals surface area (Å²) in [6, 6.07) is 0. The summed E-state index contributed by atoms with van der Waals surface area (Å²) in [5.41, 5.74) is -0.575. The third-order valence-electron chi connectivity index (χ3n) is 1.79. The second-order valence-electron chi connectivity index (χ2n) is 2.77. The number of Topliss-reactive ketones (excluding diaryl/α,β-unsaturated/α-hetero) is 1. The lowest BCUT2D eigenvalue weighted by Crippen LogP contribution is -2.11. The van der Waals surface area contributed by atoms with Crippen molar-refractivity contribution in [1.29, 1.82) is 0 Å². The Morgan fingerprint density at radius 1 is 1.12 bits per heavy atom. The lowest BCUT2D eigenvalue weighted by Gasteiger charge is -1.97. The van der Waals surface area contributed by atoms with Crippen LogP contribution in [0.3, 0.4) is 0 Å². The fraction of sp³-hybridized carbons (Fsp3) is 0.333. The van der Waals surface area contributed by atoms with Crippen LogP contribution in [-0.2, 0) is 9.47 Å². The first-order valence-electron chi connectivity index (χ1n) is 4.20. The molecule has 0 N–H and O–H groups in total. The van der Waals surface area contributed by atoms with Crippen molar-refractivity contribution in [3.05, 3.63) is 17.0 Å². The maximum absolute atomic E-state index is 11.3. The molecule has 0 aliphatic carbocycles. The molecule has 0 aliphatic rings. The zero-order valence-electron chi connectivity index (χ0n) is 8.90. The summed E-state index contributed by atoms with van der Waals surface area (Å²) in [6.45, 7) is 1.17. The molecule has 0 aliphatic heterocycles. The van der Waals surface area contributed by atoms with Gasteiger partial charge in [0.05, 0.1) is 14.2 Å². The average molecular weight is 227 g/mol. The van der Waals surface area contributed by atoms with Gasteiger partial charge in [0.2, 0.25) is 5.69 Å². The van der Waals surface area contributed by atoms with Crippen molar-refractivity contribution in [2.45, 2.75) is 6.92 Å². The first-order valence-corrected chi connectivity index (χ1v) is 4.20. The number of esters is 2. The molecule has 0 saturated heterocycles. The molecule has 0 fully saturated rings. The van der Waals surface area contributed by atoms with Gasteiger partial charge >= 0.3 is 11.9 Å². The minimum atomic E-state index is -0.882. The van der Waals surface area contributed by atoms with Crippen molar-refractivity contribution in [1.82, 2.24) is 5.16 Å². The predicted molar refractivity (Wildman–Crippen MR) is 49.2 cm³/mol. The highest BCUT2D eigenvalue weighted by Gasteiger charge is 2.30. The van der Waals surface area contributed by atoms with Crippen LogP contribution in [0.4, 0.5) is 0 Å². The Hall–Kier alpha value is -2.18. The minimum absolute atomic E-state index is 0.237. The quantitative estimate of drug-likeness (QED) is 0.546. The standard InChI is InChI=1S/C9H9NO6/c1-4(11)5-6(8(12)14-2)10-16-7(5)9(13)15-3/h1-3H3. The van der Waals surface area contributed by atoms with E-state index in [1.807, 2.05) is 0 Å². The highest BCUT2D eigenvalue weighted by molar-refractivity contribution is 6.10. The van der Waals surface area contributed by atoms with E-state index in [0.717, 1.165) is 14.2 Å². The van der Waals surface area contributed by atoms with Crippen molar-refractivity contribution >= 4 is 17.7 Å². The molecule has 0 aromatic carbocycles. The van der Waals surface area contributed by atoms with Gasteiger partial charge in [0, 0.05) is 0 Å². The van der Waals surface area contributed by atoms with Gasteiger partial charge in [-0.25, -0.2) is 9.59 Å². The van der Waals surface area contributed by atoms with E-state index >= 15 is 0 Å². The summed E-state index contributed by atoms with van der Waals surface area (Å²) in [6.07, 6.45) is 0. The number of carbonyl (C=O) groups excluding carboxylic acids is 3. The van der Waals surface area contributed by atoms with E-state index in [2.05, 4.69) is 19.2 Å². The van der Waals surface area contributed by atoms with Crippen LogP contribution in [0.5, 0.6) is 0 Å². The summed E-state index contributed by atoms with van der Waals surface area (Å²) in [4.78, 5) is 33.7. The largest absolute Gasteiger partial charge is 0.464 e. The smallest absolute Gasteiger partial charge is 0.377 e. The molecule has 1 rings (SSSR count). The maximum Gasteiger partial charge on any atom is 0.377 e. The van der Waals surface area contributed by atoms with Gasteiger partial charge in [-0.2, -0.15) is 0 Å². The average Bonchev–Trinajstić information content (AvgIpc) is 2.71. The molecular weight excluding hydrogens is 218 g/mol. The number of aromatic nitrogens is 1. The normalized spacial score (nSPS) is 9.69. The van der Waals surface area contributed by atoms with Crippen LogP contribution in [0.2, 0.25) is 0 Å². The summed E-state index contributed by atoms with van der Waals surface area (Å²) in [5.74, 6) is -2.69. The third kappa shape index (κ3) is 1.92. The van der Waals surface area contributed by atoms with Gasteiger partial charge in [-0.05, 0) is 6.92 Å². The summed E-state index contributed by atoms with van der Waals surface area (Å²) >= 11 is 0. The highest BCUT2D eigenvalue weighted by Crippen LogP contribution is 2.16. The molecule has 0 radical (unpaired) electrons. The second-order valence-corrected chi connectivity index (χ2v) is 2.77.